The Kier molecular flexibility index (Phi) is 4.78. The highest BCUT2D eigenvalue weighted by Gasteiger charge is 2.25. The minimum atomic E-state index is 0.0856. The van der Waals surface area contributed by atoms with Crippen molar-refractivity contribution in [3.05, 3.63) is 35.5 Å². The molecule has 1 amide bonds. The molecule has 1 aliphatic heterocycles. The standard InChI is InChI=1S/C17H21N7O/c1-12(25)24-8-7-16-15(9-24)17(22-23(16)2)21-14-5-3-13(4-6-14)20-11-19-10-18/h3-6,10-11H,7-9H2,1-2H3,(H,21,22)(H2,18,19,20). The molecule has 1 aliphatic rings. The van der Waals surface area contributed by atoms with Gasteiger partial charge in [0.15, 0.2) is 5.82 Å². The minimum Gasteiger partial charge on any atom is -0.346 e. The van der Waals surface area contributed by atoms with Crippen LogP contribution in [0.25, 0.3) is 0 Å². The fraction of sp³-hybridized carbons (Fsp3) is 0.294. The van der Waals surface area contributed by atoms with Crippen molar-refractivity contribution in [3.8, 4) is 0 Å². The monoisotopic (exact) mass is 339 g/mol. The van der Waals surface area contributed by atoms with Gasteiger partial charge in [0.05, 0.1) is 12.9 Å². The van der Waals surface area contributed by atoms with Crippen molar-refractivity contribution in [1.29, 1.82) is 5.41 Å². The fourth-order valence-corrected chi connectivity index (χ4v) is 2.90. The first-order valence-corrected chi connectivity index (χ1v) is 8.03. The van der Waals surface area contributed by atoms with Crippen LogP contribution in [0.2, 0.25) is 0 Å². The second-order valence-corrected chi connectivity index (χ2v) is 5.84. The van der Waals surface area contributed by atoms with Gasteiger partial charge >= 0.3 is 0 Å². The van der Waals surface area contributed by atoms with Crippen molar-refractivity contribution >= 4 is 35.8 Å². The van der Waals surface area contributed by atoms with E-state index in [0.717, 1.165) is 42.1 Å². The molecule has 0 bridgehead atoms. The third-order valence-corrected chi connectivity index (χ3v) is 4.22. The summed E-state index contributed by atoms with van der Waals surface area (Å²) in [4.78, 5) is 17.2. The summed E-state index contributed by atoms with van der Waals surface area (Å²) in [7, 11) is 1.93. The van der Waals surface area contributed by atoms with Crippen LogP contribution in [0.1, 0.15) is 18.2 Å². The molecule has 8 nitrogen and oxygen atoms in total. The first-order valence-electron chi connectivity index (χ1n) is 8.03. The summed E-state index contributed by atoms with van der Waals surface area (Å²) in [6, 6.07) is 7.70. The fourth-order valence-electron chi connectivity index (χ4n) is 2.90. The number of rotatable bonds is 5. The molecule has 25 heavy (non-hydrogen) atoms. The average Bonchev–Trinajstić information content (AvgIpc) is 2.92. The average molecular weight is 339 g/mol. The van der Waals surface area contributed by atoms with Gasteiger partial charge in [0.1, 0.15) is 6.34 Å². The van der Waals surface area contributed by atoms with E-state index in [1.165, 1.54) is 12.0 Å². The molecule has 0 radical (unpaired) electrons. The normalized spacial score (nSPS) is 13.6. The van der Waals surface area contributed by atoms with E-state index in [9.17, 15) is 4.79 Å². The summed E-state index contributed by atoms with van der Waals surface area (Å²) < 4.78 is 1.89. The molecule has 2 aromatic rings. The van der Waals surface area contributed by atoms with Gasteiger partial charge in [-0.25, -0.2) is 4.99 Å². The van der Waals surface area contributed by atoms with Crippen molar-refractivity contribution < 1.29 is 4.79 Å². The molecule has 3 rings (SSSR count). The van der Waals surface area contributed by atoms with E-state index in [0.29, 0.717) is 6.54 Å². The predicted molar refractivity (Wildman–Crippen MR) is 98.6 cm³/mol. The number of nitrogens with one attached hydrogen (secondary N) is 3. The largest absolute Gasteiger partial charge is 0.346 e. The number of carbonyl (C=O) groups excluding carboxylic acids is 1. The summed E-state index contributed by atoms with van der Waals surface area (Å²) >= 11 is 0. The highest BCUT2D eigenvalue weighted by Crippen LogP contribution is 2.28. The second kappa shape index (κ2) is 7.16. The van der Waals surface area contributed by atoms with Gasteiger partial charge in [-0.3, -0.25) is 14.9 Å². The van der Waals surface area contributed by atoms with Crippen LogP contribution in [0, 0.1) is 5.41 Å². The molecule has 0 atom stereocenters. The molecular formula is C17H21N7O. The molecule has 0 unspecified atom stereocenters. The topological polar surface area (TPSA) is 98.4 Å². The molecule has 0 saturated carbocycles. The van der Waals surface area contributed by atoms with Crippen LogP contribution in [-0.2, 0) is 24.8 Å². The molecule has 0 spiro atoms. The number of benzene rings is 1. The molecule has 0 aliphatic carbocycles. The first kappa shape index (κ1) is 16.7. The van der Waals surface area contributed by atoms with Gasteiger partial charge in [0, 0.05) is 49.6 Å². The number of hydrogen-bond donors (Lipinski definition) is 3. The molecule has 0 saturated heterocycles. The number of anilines is 3. The first-order chi connectivity index (χ1) is 12.1. The van der Waals surface area contributed by atoms with Crippen LogP contribution in [0.15, 0.2) is 29.3 Å². The molecule has 1 aromatic heterocycles. The Balaban J connectivity index is 1.76. The quantitative estimate of drug-likeness (QED) is 0.574. The summed E-state index contributed by atoms with van der Waals surface area (Å²) in [5, 5.41) is 17.7. The third kappa shape index (κ3) is 3.68. The van der Waals surface area contributed by atoms with Crippen molar-refractivity contribution in [2.75, 3.05) is 17.2 Å². The Labute approximate surface area is 146 Å². The zero-order valence-electron chi connectivity index (χ0n) is 14.3. The number of carbonyl (C=O) groups is 1. The zero-order chi connectivity index (χ0) is 17.8. The van der Waals surface area contributed by atoms with Gasteiger partial charge in [-0.2, -0.15) is 5.10 Å². The summed E-state index contributed by atoms with van der Waals surface area (Å²) in [6.45, 7) is 2.92. The molecule has 0 fully saturated rings. The van der Waals surface area contributed by atoms with Gasteiger partial charge in [0.25, 0.3) is 0 Å². The maximum Gasteiger partial charge on any atom is 0.219 e. The second-order valence-electron chi connectivity index (χ2n) is 5.84. The van der Waals surface area contributed by atoms with E-state index in [2.05, 4.69) is 20.7 Å². The van der Waals surface area contributed by atoms with Crippen LogP contribution in [0.5, 0.6) is 0 Å². The van der Waals surface area contributed by atoms with Gasteiger partial charge < -0.3 is 15.5 Å². The molecule has 3 N–H and O–H groups in total. The van der Waals surface area contributed by atoms with Crippen molar-refractivity contribution in [3.63, 3.8) is 0 Å². The summed E-state index contributed by atoms with van der Waals surface area (Å²) in [6.07, 6.45) is 3.24. The van der Waals surface area contributed by atoms with Crippen molar-refractivity contribution in [2.45, 2.75) is 19.9 Å². The Morgan fingerprint density at radius 2 is 2.04 bits per heavy atom. The Morgan fingerprint density at radius 1 is 1.32 bits per heavy atom. The van der Waals surface area contributed by atoms with E-state index in [-0.39, 0.29) is 5.91 Å². The van der Waals surface area contributed by atoms with Crippen molar-refractivity contribution in [2.24, 2.45) is 12.0 Å². The van der Waals surface area contributed by atoms with E-state index >= 15 is 0 Å². The van der Waals surface area contributed by atoms with Crippen LogP contribution in [-0.4, -0.2) is 39.8 Å². The molecule has 2 heterocycles. The maximum absolute atomic E-state index is 11.7. The molecule has 8 heteroatoms. The third-order valence-electron chi connectivity index (χ3n) is 4.22. The number of hydrogen-bond acceptors (Lipinski definition) is 4. The Hall–Kier alpha value is -3.16. The smallest absolute Gasteiger partial charge is 0.219 e. The highest BCUT2D eigenvalue weighted by atomic mass is 16.2. The Bertz CT molecular complexity index is 807. The highest BCUT2D eigenvalue weighted by molar-refractivity contribution is 5.81. The number of amides is 1. The van der Waals surface area contributed by atoms with Gasteiger partial charge in [-0.15, -0.1) is 0 Å². The van der Waals surface area contributed by atoms with E-state index < -0.39 is 0 Å². The van der Waals surface area contributed by atoms with E-state index in [1.54, 1.807) is 6.92 Å². The lowest BCUT2D eigenvalue weighted by Crippen LogP contribution is -2.34. The predicted octanol–water partition coefficient (Wildman–Crippen LogP) is 2.12. The van der Waals surface area contributed by atoms with Crippen LogP contribution in [0.3, 0.4) is 0 Å². The Morgan fingerprint density at radius 3 is 2.72 bits per heavy atom. The molecular weight excluding hydrogens is 318 g/mol. The maximum atomic E-state index is 11.7. The lowest BCUT2D eigenvalue weighted by molar-refractivity contribution is -0.129. The molecule has 130 valence electrons. The number of nitrogens with zero attached hydrogens (tertiary/aromatic N) is 4. The van der Waals surface area contributed by atoms with E-state index in [1.807, 2.05) is 40.9 Å². The number of aryl methyl sites for hydroxylation is 1. The molecule has 1 aromatic carbocycles. The summed E-state index contributed by atoms with van der Waals surface area (Å²) in [5.41, 5.74) is 4.03. The minimum absolute atomic E-state index is 0.0856. The van der Waals surface area contributed by atoms with Crippen LogP contribution >= 0.6 is 0 Å². The zero-order valence-corrected chi connectivity index (χ0v) is 14.3. The van der Waals surface area contributed by atoms with Crippen molar-refractivity contribution in [1.82, 2.24) is 14.7 Å². The number of aliphatic imine (C=N–C) groups is 1. The van der Waals surface area contributed by atoms with Gasteiger partial charge in [0.2, 0.25) is 5.91 Å². The van der Waals surface area contributed by atoms with Crippen LogP contribution < -0.4 is 10.6 Å². The number of fused-ring (bicyclic) bond motifs is 1. The van der Waals surface area contributed by atoms with Gasteiger partial charge in [-0.1, -0.05) is 0 Å². The van der Waals surface area contributed by atoms with Crippen LogP contribution in [0.4, 0.5) is 17.2 Å². The summed E-state index contributed by atoms with van der Waals surface area (Å²) in [5.74, 6) is 0.872. The SMILES string of the molecule is CC(=O)N1CCc2c(c(Nc3ccc(N/C=N\C=N)cc3)nn2C)C1. The number of aromatic nitrogens is 2. The lowest BCUT2D eigenvalue weighted by atomic mass is 10.1. The van der Waals surface area contributed by atoms with Gasteiger partial charge in [-0.05, 0) is 24.3 Å². The van der Waals surface area contributed by atoms with E-state index in [4.69, 9.17) is 5.41 Å². The lowest BCUT2D eigenvalue weighted by Gasteiger charge is -2.26.